The number of aromatic amines is 1. The number of nitrogens with one attached hydrogen (secondary N) is 2. The first-order valence-electron chi connectivity index (χ1n) is 5.03. The molecule has 4 N–H and O–H groups in total. The number of anilines is 3. The number of H-pyrrole nitrogens is 1. The molecule has 0 aliphatic rings. The van der Waals surface area contributed by atoms with Crippen molar-refractivity contribution >= 4 is 33.3 Å². The minimum atomic E-state index is 0.504. The van der Waals surface area contributed by atoms with Crippen LogP contribution in [0, 0.1) is 6.92 Å². The van der Waals surface area contributed by atoms with E-state index in [1.807, 2.05) is 25.1 Å². The lowest BCUT2D eigenvalue weighted by Crippen LogP contribution is -1.98. The minimum Gasteiger partial charge on any atom is -0.495 e. The van der Waals surface area contributed by atoms with Gasteiger partial charge < -0.3 is 20.8 Å². The molecule has 1 heterocycles. The molecule has 0 unspecified atom stereocenters. The number of nitrogens with zero attached hydrogens (tertiary/aromatic N) is 1. The molecule has 0 aliphatic carbocycles. The molecule has 5 nitrogen and oxygen atoms in total. The van der Waals surface area contributed by atoms with Gasteiger partial charge in [-0.1, -0.05) is 15.9 Å². The lowest BCUT2D eigenvalue weighted by atomic mass is 10.3. The maximum Gasteiger partial charge on any atom is 0.173 e. The second-order valence-corrected chi connectivity index (χ2v) is 4.47. The summed E-state index contributed by atoms with van der Waals surface area (Å²) in [5.74, 6) is 2.59. The monoisotopic (exact) mass is 296 g/mol. The van der Waals surface area contributed by atoms with E-state index in [4.69, 9.17) is 10.5 Å². The Labute approximate surface area is 108 Å². The number of aryl methyl sites for hydroxylation is 1. The summed E-state index contributed by atoms with van der Waals surface area (Å²) in [6.07, 6.45) is 0. The smallest absolute Gasteiger partial charge is 0.173 e. The first-order chi connectivity index (χ1) is 8.10. The summed E-state index contributed by atoms with van der Waals surface area (Å²) >= 11 is 3.41. The van der Waals surface area contributed by atoms with Crippen LogP contribution in [-0.2, 0) is 0 Å². The maximum atomic E-state index is 5.79. The van der Waals surface area contributed by atoms with Gasteiger partial charge in [0.2, 0.25) is 0 Å². The number of aromatic nitrogens is 2. The first-order valence-corrected chi connectivity index (χ1v) is 5.82. The van der Waals surface area contributed by atoms with Gasteiger partial charge in [0, 0.05) is 4.47 Å². The van der Waals surface area contributed by atoms with E-state index in [-0.39, 0.29) is 0 Å². The molecule has 0 aliphatic heterocycles. The zero-order valence-corrected chi connectivity index (χ0v) is 11.1. The molecule has 90 valence electrons. The molecule has 1 aromatic carbocycles. The Kier molecular flexibility index (Phi) is 3.23. The lowest BCUT2D eigenvalue weighted by molar-refractivity contribution is 0.416. The van der Waals surface area contributed by atoms with E-state index >= 15 is 0 Å². The van der Waals surface area contributed by atoms with Crippen molar-refractivity contribution in [2.45, 2.75) is 6.92 Å². The van der Waals surface area contributed by atoms with Crippen molar-refractivity contribution in [3.63, 3.8) is 0 Å². The lowest BCUT2D eigenvalue weighted by Gasteiger charge is -2.10. The quantitative estimate of drug-likeness (QED) is 0.814. The third kappa shape index (κ3) is 2.52. The van der Waals surface area contributed by atoms with Crippen LogP contribution >= 0.6 is 15.9 Å². The fourth-order valence-corrected chi connectivity index (χ4v) is 1.87. The molecule has 2 aromatic rings. The van der Waals surface area contributed by atoms with Crippen LogP contribution in [0.25, 0.3) is 0 Å². The Morgan fingerprint density at radius 1 is 1.47 bits per heavy atom. The average Bonchev–Trinajstić information content (AvgIpc) is 2.58. The Morgan fingerprint density at radius 2 is 2.24 bits per heavy atom. The molecular weight excluding hydrogens is 284 g/mol. The van der Waals surface area contributed by atoms with Crippen molar-refractivity contribution < 1.29 is 4.74 Å². The van der Waals surface area contributed by atoms with Crippen molar-refractivity contribution in [2.24, 2.45) is 0 Å². The normalized spacial score (nSPS) is 10.3. The highest BCUT2D eigenvalue weighted by atomic mass is 79.9. The van der Waals surface area contributed by atoms with Crippen molar-refractivity contribution in [1.82, 2.24) is 9.97 Å². The summed E-state index contributed by atoms with van der Waals surface area (Å²) in [5.41, 5.74) is 6.59. The molecule has 2 rings (SSSR count). The fraction of sp³-hybridized carbons (Fsp3) is 0.182. The van der Waals surface area contributed by atoms with Crippen LogP contribution in [-0.4, -0.2) is 17.1 Å². The zero-order valence-electron chi connectivity index (χ0n) is 9.54. The van der Waals surface area contributed by atoms with Crippen molar-refractivity contribution in [1.29, 1.82) is 0 Å². The van der Waals surface area contributed by atoms with Crippen LogP contribution in [0.4, 0.5) is 17.3 Å². The fourth-order valence-electron chi connectivity index (χ4n) is 1.51. The molecule has 17 heavy (non-hydrogen) atoms. The zero-order chi connectivity index (χ0) is 12.4. The Morgan fingerprint density at radius 3 is 2.82 bits per heavy atom. The third-order valence-electron chi connectivity index (χ3n) is 2.26. The molecule has 0 spiro atoms. The van der Waals surface area contributed by atoms with Gasteiger partial charge in [0.05, 0.1) is 12.8 Å². The minimum absolute atomic E-state index is 0.504. The summed E-state index contributed by atoms with van der Waals surface area (Å²) < 4.78 is 6.21. The number of benzene rings is 1. The van der Waals surface area contributed by atoms with Crippen LogP contribution in [0.3, 0.4) is 0 Å². The number of rotatable bonds is 3. The Hall–Kier alpha value is -1.69. The van der Waals surface area contributed by atoms with Gasteiger partial charge >= 0.3 is 0 Å². The molecule has 0 amide bonds. The van der Waals surface area contributed by atoms with Crippen LogP contribution in [0.5, 0.6) is 5.75 Å². The SMILES string of the molecule is COc1ccc(Br)cc1Nc1nc(C)[nH]c1N. The van der Waals surface area contributed by atoms with Gasteiger partial charge in [-0.2, -0.15) is 0 Å². The summed E-state index contributed by atoms with van der Waals surface area (Å²) in [6.45, 7) is 1.85. The second kappa shape index (κ2) is 4.67. The number of nitrogen functional groups attached to an aromatic ring is 1. The summed E-state index contributed by atoms with van der Waals surface area (Å²) in [6, 6.07) is 5.67. The van der Waals surface area contributed by atoms with E-state index in [1.165, 1.54) is 0 Å². The number of ether oxygens (including phenoxy) is 1. The second-order valence-electron chi connectivity index (χ2n) is 3.55. The largest absolute Gasteiger partial charge is 0.495 e. The highest BCUT2D eigenvalue weighted by Gasteiger charge is 2.09. The van der Waals surface area contributed by atoms with Gasteiger partial charge in [-0.05, 0) is 25.1 Å². The maximum absolute atomic E-state index is 5.79. The van der Waals surface area contributed by atoms with Crippen molar-refractivity contribution in [2.75, 3.05) is 18.2 Å². The van der Waals surface area contributed by atoms with Crippen molar-refractivity contribution in [3.8, 4) is 5.75 Å². The average molecular weight is 297 g/mol. The summed E-state index contributed by atoms with van der Waals surface area (Å²) in [5, 5.41) is 3.13. The van der Waals surface area contributed by atoms with Gasteiger partial charge in [0.15, 0.2) is 5.82 Å². The highest BCUT2D eigenvalue weighted by molar-refractivity contribution is 9.10. The molecule has 0 radical (unpaired) electrons. The van der Waals surface area contributed by atoms with Crippen LogP contribution in [0.1, 0.15) is 5.82 Å². The van der Waals surface area contributed by atoms with E-state index in [0.29, 0.717) is 11.6 Å². The van der Waals surface area contributed by atoms with Crippen LogP contribution in [0.15, 0.2) is 22.7 Å². The van der Waals surface area contributed by atoms with Gasteiger partial charge in [-0.3, -0.25) is 0 Å². The van der Waals surface area contributed by atoms with Gasteiger partial charge in [-0.25, -0.2) is 4.98 Å². The molecule has 1 aromatic heterocycles. The molecule has 0 saturated heterocycles. The number of methoxy groups -OCH3 is 1. The predicted molar refractivity (Wildman–Crippen MR) is 71.7 cm³/mol. The van der Waals surface area contributed by atoms with Crippen LogP contribution in [0.2, 0.25) is 0 Å². The predicted octanol–water partition coefficient (Wildman–Crippen LogP) is 2.82. The third-order valence-corrected chi connectivity index (χ3v) is 2.76. The van der Waals surface area contributed by atoms with Crippen LogP contribution < -0.4 is 15.8 Å². The van der Waals surface area contributed by atoms with E-state index in [1.54, 1.807) is 7.11 Å². The van der Waals surface area contributed by atoms with Crippen molar-refractivity contribution in [3.05, 3.63) is 28.5 Å². The standard InChI is InChI=1S/C11H13BrN4O/c1-6-14-10(13)11(15-6)16-8-5-7(12)3-4-9(8)17-2/h3-5,16H,13H2,1-2H3,(H,14,15). The Bertz CT molecular complexity index is 538. The van der Waals surface area contributed by atoms with E-state index in [0.717, 1.165) is 21.7 Å². The topological polar surface area (TPSA) is 76.0 Å². The Balaban J connectivity index is 2.35. The molecule has 0 fully saturated rings. The molecule has 0 atom stereocenters. The molecule has 0 saturated carbocycles. The van der Waals surface area contributed by atoms with Gasteiger partial charge in [-0.15, -0.1) is 0 Å². The molecule has 6 heteroatoms. The van der Waals surface area contributed by atoms with E-state index in [2.05, 4.69) is 31.2 Å². The number of imidazole rings is 1. The number of hydrogen-bond acceptors (Lipinski definition) is 4. The van der Waals surface area contributed by atoms with Gasteiger partial charge in [0.25, 0.3) is 0 Å². The number of hydrogen-bond donors (Lipinski definition) is 3. The van der Waals surface area contributed by atoms with E-state index < -0.39 is 0 Å². The molecular formula is C11H13BrN4O. The first kappa shape index (κ1) is 11.8. The summed E-state index contributed by atoms with van der Waals surface area (Å²) in [7, 11) is 1.62. The molecule has 0 bridgehead atoms. The summed E-state index contributed by atoms with van der Waals surface area (Å²) in [4.78, 5) is 7.18. The highest BCUT2D eigenvalue weighted by Crippen LogP contribution is 2.31. The number of nitrogens with two attached hydrogens (primary N) is 1. The number of halogens is 1. The van der Waals surface area contributed by atoms with E-state index in [9.17, 15) is 0 Å². The van der Waals surface area contributed by atoms with Gasteiger partial charge in [0.1, 0.15) is 17.4 Å².